The van der Waals surface area contributed by atoms with Gasteiger partial charge in [-0.25, -0.2) is 9.50 Å². The maximum Gasteiger partial charge on any atom is 0.276 e. The molecule has 0 fully saturated rings. The first-order valence-electron chi connectivity index (χ1n) is 8.35. The van der Waals surface area contributed by atoms with Crippen molar-refractivity contribution in [2.45, 2.75) is 13.8 Å². The number of nitrogens with zero attached hydrogens (tertiary/aromatic N) is 5. The third-order valence-electron chi connectivity index (χ3n) is 4.55. The molecule has 0 atom stereocenters. The summed E-state index contributed by atoms with van der Waals surface area (Å²) in [7, 11) is 1.88. The second kappa shape index (κ2) is 6.51. The largest absolute Gasteiger partial charge is 0.320 e. The van der Waals surface area contributed by atoms with E-state index in [9.17, 15) is 4.79 Å². The fourth-order valence-corrected chi connectivity index (χ4v) is 3.05. The number of carbonyl (C=O) groups is 1. The third-order valence-corrected chi connectivity index (χ3v) is 4.78. The first-order chi connectivity index (χ1) is 12.9. The van der Waals surface area contributed by atoms with Crippen molar-refractivity contribution in [3.63, 3.8) is 0 Å². The minimum Gasteiger partial charge on any atom is -0.320 e. The summed E-state index contributed by atoms with van der Waals surface area (Å²) in [6.45, 7) is 3.88. The lowest BCUT2D eigenvalue weighted by atomic mass is 10.2. The highest BCUT2D eigenvalue weighted by atomic mass is 35.5. The standard InChI is InChI=1S/C19H17ClN6O/c1-11-4-5-13(20)8-15(11)23-19(27)16-9-18-21-7-6-17(26(18)24-16)14-10-22-25(3)12(14)2/h4-10H,1-3H3,(H,23,27). The predicted molar refractivity (Wildman–Crippen MR) is 104 cm³/mol. The molecule has 0 saturated heterocycles. The van der Waals surface area contributed by atoms with Gasteiger partial charge in [0.2, 0.25) is 0 Å². The maximum atomic E-state index is 12.7. The quantitative estimate of drug-likeness (QED) is 0.588. The summed E-state index contributed by atoms with van der Waals surface area (Å²) in [5, 5.41) is 12.2. The minimum absolute atomic E-state index is 0.274. The molecule has 3 aromatic heterocycles. The Morgan fingerprint density at radius 2 is 2.00 bits per heavy atom. The van der Waals surface area contributed by atoms with E-state index >= 15 is 0 Å². The number of amides is 1. The Morgan fingerprint density at radius 3 is 2.74 bits per heavy atom. The van der Waals surface area contributed by atoms with Crippen LogP contribution in [0.15, 0.2) is 42.7 Å². The van der Waals surface area contributed by atoms with E-state index < -0.39 is 0 Å². The Balaban J connectivity index is 1.73. The number of anilines is 1. The lowest BCUT2D eigenvalue weighted by molar-refractivity contribution is 0.102. The lowest BCUT2D eigenvalue weighted by Gasteiger charge is -2.07. The number of hydrogen-bond donors (Lipinski definition) is 1. The molecule has 136 valence electrons. The average Bonchev–Trinajstić information content (AvgIpc) is 3.22. The summed E-state index contributed by atoms with van der Waals surface area (Å²) >= 11 is 6.03. The van der Waals surface area contributed by atoms with Crippen molar-refractivity contribution in [2.75, 3.05) is 5.32 Å². The number of nitrogens with one attached hydrogen (secondary N) is 1. The van der Waals surface area contributed by atoms with Gasteiger partial charge in [-0.15, -0.1) is 0 Å². The van der Waals surface area contributed by atoms with E-state index in [2.05, 4.69) is 20.5 Å². The van der Waals surface area contributed by atoms with Crippen LogP contribution in [0.4, 0.5) is 5.69 Å². The molecule has 27 heavy (non-hydrogen) atoms. The molecule has 4 rings (SSSR count). The van der Waals surface area contributed by atoms with Gasteiger partial charge in [0.1, 0.15) is 0 Å². The van der Waals surface area contributed by atoms with Crippen LogP contribution in [0.2, 0.25) is 5.02 Å². The molecule has 3 heterocycles. The first kappa shape index (κ1) is 17.2. The Kier molecular flexibility index (Phi) is 4.16. The Hall–Kier alpha value is -3.19. The number of fused-ring (bicyclic) bond motifs is 1. The van der Waals surface area contributed by atoms with Crippen LogP contribution in [0.5, 0.6) is 0 Å². The molecule has 0 aliphatic carbocycles. The van der Waals surface area contributed by atoms with E-state index in [4.69, 9.17) is 11.6 Å². The van der Waals surface area contributed by atoms with Gasteiger partial charge in [-0.2, -0.15) is 10.2 Å². The van der Waals surface area contributed by atoms with Crippen LogP contribution in [-0.2, 0) is 7.05 Å². The van der Waals surface area contributed by atoms with Crippen LogP contribution >= 0.6 is 11.6 Å². The zero-order valence-electron chi connectivity index (χ0n) is 15.1. The van der Waals surface area contributed by atoms with Crippen molar-refractivity contribution < 1.29 is 4.79 Å². The highest BCUT2D eigenvalue weighted by molar-refractivity contribution is 6.31. The normalized spacial score (nSPS) is 11.1. The van der Waals surface area contributed by atoms with Gasteiger partial charge in [-0.05, 0) is 37.6 Å². The maximum absolute atomic E-state index is 12.7. The van der Waals surface area contributed by atoms with Crippen LogP contribution in [-0.4, -0.2) is 30.3 Å². The van der Waals surface area contributed by atoms with Crippen LogP contribution < -0.4 is 5.32 Å². The lowest BCUT2D eigenvalue weighted by Crippen LogP contribution is -2.13. The summed E-state index contributed by atoms with van der Waals surface area (Å²) in [6.07, 6.45) is 3.47. The summed E-state index contributed by atoms with van der Waals surface area (Å²) in [6, 6.07) is 8.86. The molecular formula is C19H17ClN6O. The second-order valence-corrected chi connectivity index (χ2v) is 6.75. The van der Waals surface area contributed by atoms with E-state index in [0.717, 1.165) is 22.5 Å². The summed E-state index contributed by atoms with van der Waals surface area (Å²) in [4.78, 5) is 17.0. The number of benzene rings is 1. The topological polar surface area (TPSA) is 77.1 Å². The van der Waals surface area contributed by atoms with Crippen molar-refractivity contribution in [1.82, 2.24) is 24.4 Å². The van der Waals surface area contributed by atoms with E-state index in [1.165, 1.54) is 0 Å². The van der Waals surface area contributed by atoms with E-state index in [0.29, 0.717) is 16.4 Å². The highest BCUT2D eigenvalue weighted by Crippen LogP contribution is 2.24. The summed E-state index contributed by atoms with van der Waals surface area (Å²) in [5.74, 6) is -0.320. The molecule has 0 aliphatic rings. The van der Waals surface area contributed by atoms with Crippen LogP contribution in [0.1, 0.15) is 21.7 Å². The average molecular weight is 381 g/mol. The third kappa shape index (κ3) is 3.06. The fraction of sp³-hybridized carbons (Fsp3) is 0.158. The molecule has 7 nitrogen and oxygen atoms in total. The van der Waals surface area contributed by atoms with Gasteiger partial charge in [0, 0.05) is 41.3 Å². The van der Waals surface area contributed by atoms with Gasteiger partial charge in [0.05, 0.1) is 11.9 Å². The molecule has 0 bridgehead atoms. The molecule has 0 spiro atoms. The van der Waals surface area contributed by atoms with E-state index in [-0.39, 0.29) is 11.6 Å². The van der Waals surface area contributed by atoms with Gasteiger partial charge < -0.3 is 5.32 Å². The molecule has 4 aromatic rings. The van der Waals surface area contributed by atoms with Crippen molar-refractivity contribution in [2.24, 2.45) is 7.05 Å². The molecule has 1 amide bonds. The number of aromatic nitrogens is 5. The summed E-state index contributed by atoms with van der Waals surface area (Å²) in [5.41, 5.74) is 5.19. The van der Waals surface area contributed by atoms with Crippen LogP contribution in [0.25, 0.3) is 16.9 Å². The molecule has 0 aliphatic heterocycles. The SMILES string of the molecule is Cc1ccc(Cl)cc1NC(=O)c1cc2nccc(-c3cnn(C)c3C)n2n1. The minimum atomic E-state index is -0.320. The molecular weight excluding hydrogens is 364 g/mol. The highest BCUT2D eigenvalue weighted by Gasteiger charge is 2.17. The number of carbonyl (C=O) groups excluding carboxylic acids is 1. The molecule has 1 N–H and O–H groups in total. The van der Waals surface area contributed by atoms with Crippen molar-refractivity contribution in [3.8, 4) is 11.3 Å². The van der Waals surface area contributed by atoms with Crippen LogP contribution in [0, 0.1) is 13.8 Å². The Morgan fingerprint density at radius 1 is 1.19 bits per heavy atom. The zero-order chi connectivity index (χ0) is 19.1. The smallest absolute Gasteiger partial charge is 0.276 e. The molecule has 0 radical (unpaired) electrons. The van der Waals surface area contributed by atoms with E-state index in [1.54, 1.807) is 39.8 Å². The van der Waals surface area contributed by atoms with Crippen molar-refractivity contribution in [3.05, 3.63) is 64.7 Å². The number of hydrogen-bond acceptors (Lipinski definition) is 4. The first-order valence-corrected chi connectivity index (χ1v) is 8.73. The van der Waals surface area contributed by atoms with Gasteiger partial charge in [0.15, 0.2) is 11.3 Å². The number of rotatable bonds is 3. The second-order valence-electron chi connectivity index (χ2n) is 6.31. The summed E-state index contributed by atoms with van der Waals surface area (Å²) < 4.78 is 3.45. The zero-order valence-corrected chi connectivity index (χ0v) is 15.8. The predicted octanol–water partition coefficient (Wildman–Crippen LogP) is 3.65. The molecule has 1 aromatic carbocycles. The van der Waals surface area contributed by atoms with Crippen LogP contribution in [0.3, 0.4) is 0 Å². The monoisotopic (exact) mass is 380 g/mol. The van der Waals surface area contributed by atoms with Crippen molar-refractivity contribution in [1.29, 1.82) is 0 Å². The van der Waals surface area contributed by atoms with Gasteiger partial charge in [-0.3, -0.25) is 9.48 Å². The number of halogens is 1. The van der Waals surface area contributed by atoms with E-state index in [1.807, 2.05) is 33.0 Å². The van der Waals surface area contributed by atoms with Gasteiger partial charge in [-0.1, -0.05) is 17.7 Å². The molecule has 0 saturated carbocycles. The fourth-order valence-electron chi connectivity index (χ4n) is 2.88. The van der Waals surface area contributed by atoms with Gasteiger partial charge >= 0.3 is 0 Å². The van der Waals surface area contributed by atoms with Crippen molar-refractivity contribution >= 4 is 28.8 Å². The molecule has 8 heteroatoms. The number of aryl methyl sites for hydroxylation is 2. The Labute approximate surface area is 160 Å². The molecule has 0 unspecified atom stereocenters. The Bertz CT molecular complexity index is 1180. The van der Waals surface area contributed by atoms with Gasteiger partial charge in [0.25, 0.3) is 5.91 Å².